The minimum Gasteiger partial charge on any atom is -0.413 e. The van der Waals surface area contributed by atoms with Gasteiger partial charge in [0.2, 0.25) is 0 Å². The van der Waals surface area contributed by atoms with Crippen LogP contribution >= 0.6 is 0 Å². The predicted octanol–water partition coefficient (Wildman–Crippen LogP) is 8.93. The minimum atomic E-state index is -1.83. The molecule has 0 amide bonds. The van der Waals surface area contributed by atoms with E-state index in [1.54, 1.807) is 5.57 Å². The lowest BCUT2D eigenvalue weighted by Crippen LogP contribution is -2.58. The van der Waals surface area contributed by atoms with E-state index in [9.17, 15) is 0 Å². The van der Waals surface area contributed by atoms with Gasteiger partial charge in [0.25, 0.3) is 0 Å². The lowest BCUT2D eigenvalue weighted by Gasteiger charge is -2.60. The van der Waals surface area contributed by atoms with Crippen LogP contribution in [0.2, 0.25) is 18.1 Å². The zero-order valence-electron chi connectivity index (χ0n) is 23.5. The first-order valence-electron chi connectivity index (χ1n) is 14.5. The molecule has 0 aliphatic heterocycles. The quantitative estimate of drug-likeness (QED) is 0.300. The molecule has 0 aromatic heterocycles. The summed E-state index contributed by atoms with van der Waals surface area (Å²) in [6.45, 7) is 18.0. The number of ether oxygens (including phenoxy) is 1. The highest BCUT2D eigenvalue weighted by Crippen LogP contribution is 2.66. The van der Waals surface area contributed by atoms with Gasteiger partial charge in [0.05, 0.1) is 18.8 Å². The van der Waals surface area contributed by atoms with Gasteiger partial charge in [0.15, 0.2) is 8.32 Å². The van der Waals surface area contributed by atoms with E-state index in [2.05, 4.69) is 84.1 Å². The third-order valence-corrected chi connectivity index (χ3v) is 15.9. The van der Waals surface area contributed by atoms with Crippen LogP contribution in [0.25, 0.3) is 0 Å². The summed E-state index contributed by atoms with van der Waals surface area (Å²) in [6, 6.07) is 10.8. The molecule has 194 valence electrons. The molecule has 0 saturated heterocycles. The molecular formula is C32H50O2Si. The molecule has 3 heteroatoms. The summed E-state index contributed by atoms with van der Waals surface area (Å²) in [4.78, 5) is 0. The molecule has 35 heavy (non-hydrogen) atoms. The highest BCUT2D eigenvalue weighted by atomic mass is 28.4. The summed E-state index contributed by atoms with van der Waals surface area (Å²) < 4.78 is 14.2. The Morgan fingerprint density at radius 3 is 2.49 bits per heavy atom. The second-order valence-electron chi connectivity index (χ2n) is 14.4. The molecule has 4 aliphatic rings. The molecule has 5 rings (SSSR count). The molecule has 1 aromatic rings. The third kappa shape index (κ3) is 4.42. The number of benzene rings is 1. The maximum atomic E-state index is 7.23. The van der Waals surface area contributed by atoms with Gasteiger partial charge in [-0.05, 0) is 97.2 Å². The minimum absolute atomic E-state index is 0.217. The van der Waals surface area contributed by atoms with Crippen LogP contribution < -0.4 is 0 Å². The molecule has 7 atom stereocenters. The van der Waals surface area contributed by atoms with E-state index >= 15 is 0 Å². The number of hydrogen-bond donors (Lipinski definition) is 0. The van der Waals surface area contributed by atoms with Crippen molar-refractivity contribution in [3.05, 3.63) is 47.5 Å². The summed E-state index contributed by atoms with van der Waals surface area (Å²) in [5.41, 5.74) is 3.60. The highest BCUT2D eigenvalue weighted by molar-refractivity contribution is 6.74. The van der Waals surface area contributed by atoms with Crippen LogP contribution in [0.4, 0.5) is 0 Å². The summed E-state index contributed by atoms with van der Waals surface area (Å²) in [5, 5.41) is 0.250. The van der Waals surface area contributed by atoms with Crippen molar-refractivity contribution < 1.29 is 9.16 Å². The van der Waals surface area contributed by atoms with Gasteiger partial charge >= 0.3 is 0 Å². The van der Waals surface area contributed by atoms with Gasteiger partial charge in [0, 0.05) is 0 Å². The summed E-state index contributed by atoms with van der Waals surface area (Å²) >= 11 is 0. The fourth-order valence-corrected chi connectivity index (χ4v) is 9.86. The van der Waals surface area contributed by atoms with Crippen molar-refractivity contribution in [1.82, 2.24) is 0 Å². The molecule has 3 unspecified atom stereocenters. The van der Waals surface area contributed by atoms with Crippen LogP contribution in [0, 0.1) is 28.6 Å². The monoisotopic (exact) mass is 494 g/mol. The van der Waals surface area contributed by atoms with Crippen molar-refractivity contribution in [3.8, 4) is 0 Å². The molecule has 0 heterocycles. The van der Waals surface area contributed by atoms with Crippen LogP contribution in [0.3, 0.4) is 0 Å². The Hall–Kier alpha value is -0.903. The van der Waals surface area contributed by atoms with Crippen molar-refractivity contribution in [2.45, 2.75) is 123 Å². The van der Waals surface area contributed by atoms with Crippen molar-refractivity contribution in [1.29, 1.82) is 0 Å². The van der Waals surface area contributed by atoms with Crippen LogP contribution in [-0.2, 0) is 15.8 Å². The fraction of sp³-hybridized carbons (Fsp3) is 0.750. The third-order valence-electron chi connectivity index (χ3n) is 11.4. The van der Waals surface area contributed by atoms with Gasteiger partial charge in [-0.25, -0.2) is 0 Å². The maximum Gasteiger partial charge on any atom is 0.192 e. The first-order valence-corrected chi connectivity index (χ1v) is 17.4. The Kier molecular flexibility index (Phi) is 6.72. The molecular weight excluding hydrogens is 444 g/mol. The smallest absolute Gasteiger partial charge is 0.192 e. The maximum absolute atomic E-state index is 7.23. The average Bonchev–Trinajstić information content (AvgIpc) is 3.12. The van der Waals surface area contributed by atoms with E-state index in [4.69, 9.17) is 9.16 Å². The van der Waals surface area contributed by atoms with E-state index in [1.807, 2.05) is 0 Å². The van der Waals surface area contributed by atoms with Gasteiger partial charge < -0.3 is 9.16 Å². The van der Waals surface area contributed by atoms with E-state index in [-0.39, 0.29) is 10.5 Å². The Balaban J connectivity index is 1.47. The topological polar surface area (TPSA) is 18.5 Å². The molecule has 3 saturated carbocycles. The summed E-state index contributed by atoms with van der Waals surface area (Å²) in [7, 11) is -1.83. The average molecular weight is 495 g/mol. The van der Waals surface area contributed by atoms with Gasteiger partial charge in [0.1, 0.15) is 0 Å². The normalized spacial score (nSPS) is 39.4. The molecule has 4 aliphatic carbocycles. The highest BCUT2D eigenvalue weighted by Gasteiger charge is 2.63. The lowest BCUT2D eigenvalue weighted by atomic mass is 9.47. The zero-order chi connectivity index (χ0) is 25.1. The summed E-state index contributed by atoms with van der Waals surface area (Å²) in [5.74, 6) is 2.14. The number of rotatable bonds is 5. The van der Waals surface area contributed by atoms with E-state index in [1.165, 1.54) is 50.5 Å². The van der Waals surface area contributed by atoms with Crippen molar-refractivity contribution in [2.75, 3.05) is 0 Å². The van der Waals surface area contributed by atoms with Crippen molar-refractivity contribution in [2.24, 2.45) is 28.6 Å². The van der Waals surface area contributed by atoms with Crippen LogP contribution in [0.5, 0.6) is 0 Å². The Labute approximate surface area is 216 Å². The Bertz CT molecular complexity index is 931. The Morgan fingerprint density at radius 2 is 1.77 bits per heavy atom. The second kappa shape index (κ2) is 9.13. The lowest BCUT2D eigenvalue weighted by molar-refractivity contribution is -0.157. The first-order chi connectivity index (χ1) is 16.5. The molecule has 3 fully saturated rings. The molecule has 1 aromatic carbocycles. The van der Waals surface area contributed by atoms with E-state index < -0.39 is 8.32 Å². The van der Waals surface area contributed by atoms with E-state index in [0.29, 0.717) is 23.5 Å². The fourth-order valence-electron chi connectivity index (χ4n) is 8.41. The molecule has 0 spiro atoms. The van der Waals surface area contributed by atoms with Gasteiger partial charge in [-0.15, -0.1) is 0 Å². The van der Waals surface area contributed by atoms with Gasteiger partial charge in [-0.2, -0.15) is 0 Å². The Morgan fingerprint density at radius 1 is 1.03 bits per heavy atom. The standard InChI is InChI=1S/C32H50O2Si/c1-30(2,3)35(6,7)34-28-19-18-26-25-17-16-24-15-11-12-20-31(24,4)29(25)27(21-32(26,28)5)33-22-23-13-9-8-10-14-23/h8-10,13-14,16,25-29H,11-12,15,17-22H2,1-7H3/t25?,26?,27-,28-,29?,31-,32-/m0/s1. The molecule has 0 bridgehead atoms. The second-order valence-corrected chi connectivity index (χ2v) is 19.1. The molecule has 0 N–H and O–H groups in total. The largest absolute Gasteiger partial charge is 0.413 e. The van der Waals surface area contributed by atoms with E-state index in [0.717, 1.165) is 24.9 Å². The van der Waals surface area contributed by atoms with Gasteiger partial charge in [-0.3, -0.25) is 0 Å². The van der Waals surface area contributed by atoms with Crippen LogP contribution in [0.1, 0.15) is 91.5 Å². The molecule has 2 nitrogen and oxygen atoms in total. The number of allylic oxidation sites excluding steroid dienone is 2. The van der Waals surface area contributed by atoms with Crippen molar-refractivity contribution in [3.63, 3.8) is 0 Å². The van der Waals surface area contributed by atoms with Gasteiger partial charge in [-0.1, -0.05) is 83.0 Å². The zero-order valence-corrected chi connectivity index (χ0v) is 24.5. The molecule has 0 radical (unpaired) electrons. The SMILES string of the molecule is CC(C)(C)[Si](C)(C)O[C@H]1CCC2C3CC=C4CCCC[C@]4(C)C3[C@@H](OCc3ccccc3)C[C@@]21C. The first kappa shape index (κ1) is 25.7. The number of hydrogen-bond acceptors (Lipinski definition) is 2. The van der Waals surface area contributed by atoms with Crippen molar-refractivity contribution >= 4 is 8.32 Å². The number of fused-ring (bicyclic) bond motifs is 5. The van der Waals surface area contributed by atoms with Crippen LogP contribution in [0.15, 0.2) is 42.0 Å². The predicted molar refractivity (Wildman–Crippen MR) is 149 cm³/mol. The summed E-state index contributed by atoms with van der Waals surface area (Å²) in [6.07, 6.45) is 13.8. The van der Waals surface area contributed by atoms with Crippen LogP contribution in [-0.4, -0.2) is 20.5 Å².